The topological polar surface area (TPSA) is 98.6 Å². The monoisotopic (exact) mass is 487 g/mol. The van der Waals surface area contributed by atoms with Crippen LogP contribution in [0.5, 0.6) is 11.5 Å². The second-order valence-electron chi connectivity index (χ2n) is 9.36. The molecule has 1 fully saturated rings. The predicted octanol–water partition coefficient (Wildman–Crippen LogP) is 2.51. The van der Waals surface area contributed by atoms with Gasteiger partial charge in [-0.2, -0.15) is 0 Å². The van der Waals surface area contributed by atoms with E-state index in [1.165, 1.54) is 4.90 Å². The molecule has 8 heteroatoms. The second kappa shape index (κ2) is 9.89. The number of nitrogens with one attached hydrogen (secondary N) is 1. The molecule has 0 radical (unpaired) electrons. The smallest absolute Gasteiger partial charge is 0.295 e. The van der Waals surface area contributed by atoms with Crippen molar-refractivity contribution in [3.05, 3.63) is 83.4 Å². The van der Waals surface area contributed by atoms with E-state index in [1.807, 2.05) is 47.6 Å². The Balaban J connectivity index is 1.53. The van der Waals surface area contributed by atoms with Crippen molar-refractivity contribution in [2.24, 2.45) is 0 Å². The summed E-state index contributed by atoms with van der Waals surface area (Å²) in [5.74, 6) is -0.506. The molecule has 36 heavy (non-hydrogen) atoms. The van der Waals surface area contributed by atoms with E-state index in [1.54, 1.807) is 18.2 Å². The van der Waals surface area contributed by atoms with Gasteiger partial charge in [-0.05, 0) is 34.7 Å². The average Bonchev–Trinajstić information content (AvgIpc) is 3.50. The number of carbonyl (C=O) groups excluding carboxylic acids is 2. The molecule has 2 aliphatic rings. The lowest BCUT2D eigenvalue weighted by Crippen LogP contribution is -2.36. The molecular formula is C28H29N3O5. The number of ketones is 1. The second-order valence-corrected chi connectivity index (χ2v) is 9.36. The lowest BCUT2D eigenvalue weighted by atomic mass is 9.93. The zero-order valence-corrected chi connectivity index (χ0v) is 20.4. The zero-order valence-electron chi connectivity index (χ0n) is 20.4. The Morgan fingerprint density at radius 1 is 1.11 bits per heavy atom. The molecule has 8 nitrogen and oxygen atoms in total. The molecule has 0 saturated carbocycles. The van der Waals surface area contributed by atoms with E-state index in [2.05, 4.69) is 18.8 Å². The number of aryl methyl sites for hydroxylation is 1. The Kier molecular flexibility index (Phi) is 6.50. The Morgan fingerprint density at radius 2 is 1.86 bits per heavy atom. The first-order chi connectivity index (χ1) is 17.4. The van der Waals surface area contributed by atoms with Crippen LogP contribution in [0.4, 0.5) is 0 Å². The van der Waals surface area contributed by atoms with E-state index in [0.717, 1.165) is 11.1 Å². The minimum absolute atomic E-state index is 0.0247. The third-order valence-corrected chi connectivity index (χ3v) is 6.67. The van der Waals surface area contributed by atoms with Crippen LogP contribution in [0.1, 0.15) is 48.9 Å². The summed E-state index contributed by atoms with van der Waals surface area (Å²) in [7, 11) is 0. The summed E-state index contributed by atoms with van der Waals surface area (Å²) in [5.41, 5.74) is 2.16. The molecule has 1 saturated heterocycles. The fourth-order valence-corrected chi connectivity index (χ4v) is 4.73. The quantitative estimate of drug-likeness (QED) is 0.239. The highest BCUT2D eigenvalue weighted by atomic mass is 16.6. The lowest BCUT2D eigenvalue weighted by molar-refractivity contribution is -0.695. The van der Waals surface area contributed by atoms with Crippen LogP contribution in [-0.4, -0.2) is 41.3 Å². The highest BCUT2D eigenvalue weighted by molar-refractivity contribution is 6.46. The zero-order chi connectivity index (χ0) is 25.2. The number of H-pyrrole nitrogens is 1. The maximum absolute atomic E-state index is 13.7. The molecule has 1 atom stereocenters. The molecule has 0 aliphatic carbocycles. The number of amides is 1. The van der Waals surface area contributed by atoms with Crippen LogP contribution in [0, 0.1) is 0 Å². The molecule has 2 aliphatic heterocycles. The fourth-order valence-electron chi connectivity index (χ4n) is 4.73. The predicted molar refractivity (Wildman–Crippen MR) is 130 cm³/mol. The van der Waals surface area contributed by atoms with E-state index in [9.17, 15) is 14.7 Å². The van der Waals surface area contributed by atoms with Gasteiger partial charge in [-0.1, -0.05) is 49.9 Å². The van der Waals surface area contributed by atoms with Gasteiger partial charge in [-0.25, -0.2) is 4.57 Å². The largest absolute Gasteiger partial charge is 0.872 e. The number of ether oxygens (including phenoxy) is 2. The number of imidazole rings is 1. The standard InChI is InChI=1S/C28H29N3O5/c1-18(2)19-4-6-20(7-5-19)25-24(26(32)21-8-9-22-23(16-21)36-15-14-35-22)27(33)28(34)31(25)12-3-11-30-13-10-29-17-30/h4-10,13,16-18,25H,3,11-12,14-15H2,1-2H3,(H,32,33). The number of nitrogens with zero attached hydrogens (tertiary/aromatic N) is 2. The number of Topliss-reactive ketones (excluding diaryl/α,β-unsaturated/α-hetero) is 1. The fraction of sp³-hybridized carbons (Fsp3) is 0.321. The Bertz CT molecular complexity index is 1300. The van der Waals surface area contributed by atoms with Crippen LogP contribution < -0.4 is 19.1 Å². The minimum atomic E-state index is -0.748. The van der Waals surface area contributed by atoms with Crippen molar-refractivity contribution in [3.63, 3.8) is 0 Å². The lowest BCUT2D eigenvalue weighted by Gasteiger charge is -2.28. The van der Waals surface area contributed by atoms with Crippen molar-refractivity contribution in [1.82, 2.24) is 9.88 Å². The van der Waals surface area contributed by atoms with Crippen molar-refractivity contribution in [2.75, 3.05) is 19.8 Å². The Morgan fingerprint density at radius 3 is 2.56 bits per heavy atom. The third kappa shape index (κ3) is 4.46. The summed E-state index contributed by atoms with van der Waals surface area (Å²) in [4.78, 5) is 31.0. The number of rotatable bonds is 7. The normalized spacial score (nSPS) is 18.8. The van der Waals surface area contributed by atoms with Gasteiger partial charge < -0.3 is 19.5 Å². The number of fused-ring (bicyclic) bond motifs is 1. The Hall–Kier alpha value is -4.07. The van der Waals surface area contributed by atoms with E-state index >= 15 is 0 Å². The van der Waals surface area contributed by atoms with E-state index in [4.69, 9.17) is 9.47 Å². The average molecular weight is 488 g/mol. The Labute approximate surface area is 209 Å². The van der Waals surface area contributed by atoms with E-state index in [-0.39, 0.29) is 5.57 Å². The number of hydrogen-bond donors (Lipinski definition) is 1. The third-order valence-electron chi connectivity index (χ3n) is 6.67. The molecule has 0 spiro atoms. The summed E-state index contributed by atoms with van der Waals surface area (Å²) in [5, 5.41) is 13.7. The molecular weight excluding hydrogens is 458 g/mol. The number of likely N-dealkylation sites (tertiary alicyclic amines) is 1. The highest BCUT2D eigenvalue weighted by Crippen LogP contribution is 2.40. The number of benzene rings is 2. The molecule has 1 aromatic heterocycles. The van der Waals surface area contributed by atoms with Gasteiger partial charge in [0.25, 0.3) is 5.91 Å². The van der Waals surface area contributed by atoms with Crippen LogP contribution in [0.25, 0.3) is 5.76 Å². The molecule has 1 amide bonds. The van der Waals surface area contributed by atoms with Crippen LogP contribution in [-0.2, 0) is 16.1 Å². The number of aromatic nitrogens is 2. The van der Waals surface area contributed by atoms with Gasteiger partial charge in [-0.15, -0.1) is 0 Å². The summed E-state index contributed by atoms with van der Waals surface area (Å²) >= 11 is 0. The first-order valence-electron chi connectivity index (χ1n) is 12.2. The van der Waals surface area contributed by atoms with Gasteiger partial charge in [0.1, 0.15) is 25.6 Å². The van der Waals surface area contributed by atoms with Crippen molar-refractivity contribution in [2.45, 2.75) is 38.8 Å². The van der Waals surface area contributed by atoms with Gasteiger partial charge >= 0.3 is 0 Å². The van der Waals surface area contributed by atoms with Gasteiger partial charge in [0, 0.05) is 18.5 Å². The molecule has 5 rings (SSSR count). The minimum Gasteiger partial charge on any atom is -0.872 e. The van der Waals surface area contributed by atoms with Gasteiger partial charge in [0.2, 0.25) is 12.1 Å². The van der Waals surface area contributed by atoms with Crippen molar-refractivity contribution in [1.29, 1.82) is 0 Å². The van der Waals surface area contributed by atoms with Gasteiger partial charge in [-0.3, -0.25) is 14.6 Å². The van der Waals surface area contributed by atoms with E-state index in [0.29, 0.717) is 55.7 Å². The summed E-state index contributed by atoms with van der Waals surface area (Å²) in [6.45, 7) is 6.05. The maximum atomic E-state index is 13.7. The molecule has 2 aromatic carbocycles. The molecule has 1 N–H and O–H groups in total. The molecule has 3 aromatic rings. The van der Waals surface area contributed by atoms with Crippen LogP contribution >= 0.6 is 0 Å². The van der Waals surface area contributed by atoms with Crippen LogP contribution in [0.2, 0.25) is 0 Å². The van der Waals surface area contributed by atoms with Gasteiger partial charge in [0.15, 0.2) is 11.5 Å². The van der Waals surface area contributed by atoms with Gasteiger partial charge in [0.05, 0.1) is 12.6 Å². The summed E-state index contributed by atoms with van der Waals surface area (Å²) in [6, 6.07) is 11.9. The van der Waals surface area contributed by atoms with E-state index < -0.39 is 23.5 Å². The molecule has 1 unspecified atom stereocenters. The van der Waals surface area contributed by atoms with Crippen molar-refractivity contribution < 1.29 is 28.7 Å². The molecule has 3 heterocycles. The molecule has 186 valence electrons. The summed E-state index contributed by atoms with van der Waals surface area (Å²) in [6.07, 6.45) is 6.19. The highest BCUT2D eigenvalue weighted by Gasteiger charge is 2.44. The van der Waals surface area contributed by atoms with Crippen LogP contribution in [0.3, 0.4) is 0 Å². The summed E-state index contributed by atoms with van der Waals surface area (Å²) < 4.78 is 13.2. The number of aromatic amines is 1. The van der Waals surface area contributed by atoms with Crippen molar-refractivity contribution in [3.8, 4) is 11.5 Å². The van der Waals surface area contributed by atoms with Crippen LogP contribution in [0.15, 0.2) is 66.8 Å². The SMILES string of the molecule is CC(C)c1ccc(C2/C(=C(\[O-])c3ccc4c(c3)OCCO4)C(=O)C(=O)N2CCC[n+]2cc[nH]c2)cc1. The number of hydrogen-bond acceptors (Lipinski definition) is 5. The number of carbonyl (C=O) groups is 2. The maximum Gasteiger partial charge on any atom is 0.295 e. The van der Waals surface area contributed by atoms with Crippen molar-refractivity contribution >= 4 is 17.4 Å². The molecule has 0 bridgehead atoms. The first-order valence-corrected chi connectivity index (χ1v) is 12.2. The first kappa shape index (κ1) is 23.7.